The van der Waals surface area contributed by atoms with Gasteiger partial charge in [0.05, 0.1) is 11.1 Å². The number of hydrogen-bond acceptors (Lipinski definition) is 3. The summed E-state index contributed by atoms with van der Waals surface area (Å²) in [6, 6.07) is 15.1. The molecule has 3 rings (SSSR count). The van der Waals surface area contributed by atoms with Crippen molar-refractivity contribution in [3.8, 4) is 16.9 Å². The maximum atomic E-state index is 13.9. The van der Waals surface area contributed by atoms with E-state index in [-0.39, 0.29) is 12.5 Å². The second-order valence-electron chi connectivity index (χ2n) is 10.1. The fraction of sp³-hybridized carbons (Fsp3) is 0.581. The van der Waals surface area contributed by atoms with Crippen molar-refractivity contribution >= 4 is 21.9 Å². The summed E-state index contributed by atoms with van der Waals surface area (Å²) in [4.78, 5) is 11.9. The van der Waals surface area contributed by atoms with Gasteiger partial charge in [-0.3, -0.25) is 0 Å². The van der Waals surface area contributed by atoms with Gasteiger partial charge in [0.25, 0.3) is 0 Å². The third-order valence-corrected chi connectivity index (χ3v) is 7.83. The molecule has 5 heteroatoms. The van der Waals surface area contributed by atoms with Gasteiger partial charge in [0.2, 0.25) is 0 Å². The second-order valence-corrected chi connectivity index (χ2v) is 11.0. The molecule has 1 atom stereocenters. The molecule has 1 aliphatic carbocycles. The predicted molar refractivity (Wildman–Crippen MR) is 149 cm³/mol. The van der Waals surface area contributed by atoms with Crippen LogP contribution in [-0.2, 0) is 16.0 Å². The maximum absolute atomic E-state index is 13.9. The Balaban J connectivity index is 1.41. The Hall–Kier alpha value is -1.88. The van der Waals surface area contributed by atoms with E-state index >= 15 is 0 Å². The quantitative estimate of drug-likeness (QED) is 0.170. The lowest BCUT2D eigenvalue weighted by Gasteiger charge is -2.28. The van der Waals surface area contributed by atoms with Gasteiger partial charge in [-0.05, 0) is 102 Å². The zero-order valence-electron chi connectivity index (χ0n) is 21.9. The minimum Gasteiger partial charge on any atom is -0.492 e. The fourth-order valence-electron chi connectivity index (χ4n) is 4.84. The third-order valence-electron chi connectivity index (χ3n) is 7.21. The SMILES string of the molecule is CCCCCOc1ccc(-c2ccc(CC[C@H]3CC[C@H](OC(=O)[C@@H](F)CCCC)CC3)cc2)cc1Br. The van der Waals surface area contributed by atoms with E-state index in [1.165, 1.54) is 29.5 Å². The number of unbranched alkanes of at least 4 members (excludes halogenated alkanes) is 3. The first-order valence-corrected chi connectivity index (χ1v) is 14.7. The number of esters is 1. The molecular weight excluding hydrogens is 519 g/mol. The van der Waals surface area contributed by atoms with Gasteiger partial charge in [0.15, 0.2) is 6.17 Å². The molecule has 198 valence electrons. The lowest BCUT2D eigenvalue weighted by molar-refractivity contribution is -0.157. The monoisotopic (exact) mass is 560 g/mol. The molecule has 1 aliphatic rings. The van der Waals surface area contributed by atoms with E-state index in [2.05, 4.69) is 59.3 Å². The van der Waals surface area contributed by atoms with Crippen molar-refractivity contribution in [3.63, 3.8) is 0 Å². The first kappa shape index (κ1) is 28.7. The number of ether oxygens (including phenoxy) is 2. The Morgan fingerprint density at radius 3 is 2.33 bits per heavy atom. The van der Waals surface area contributed by atoms with Crippen molar-refractivity contribution in [1.82, 2.24) is 0 Å². The molecule has 0 amide bonds. The highest BCUT2D eigenvalue weighted by Gasteiger charge is 2.27. The lowest BCUT2D eigenvalue weighted by Crippen LogP contribution is -2.29. The molecule has 0 spiro atoms. The van der Waals surface area contributed by atoms with Crippen LogP contribution < -0.4 is 4.74 Å². The highest BCUT2D eigenvalue weighted by Crippen LogP contribution is 2.32. The summed E-state index contributed by atoms with van der Waals surface area (Å²) in [6.45, 7) is 4.95. The Morgan fingerprint density at radius 1 is 0.972 bits per heavy atom. The maximum Gasteiger partial charge on any atom is 0.340 e. The molecule has 0 N–H and O–H groups in total. The molecule has 0 heterocycles. The van der Waals surface area contributed by atoms with E-state index in [9.17, 15) is 9.18 Å². The molecule has 1 fully saturated rings. The van der Waals surface area contributed by atoms with Crippen LogP contribution >= 0.6 is 15.9 Å². The van der Waals surface area contributed by atoms with Gasteiger partial charge in [-0.1, -0.05) is 69.9 Å². The van der Waals surface area contributed by atoms with E-state index < -0.39 is 12.1 Å². The van der Waals surface area contributed by atoms with Crippen LogP contribution in [0.2, 0.25) is 0 Å². The molecule has 0 aromatic heterocycles. The summed E-state index contributed by atoms with van der Waals surface area (Å²) in [5.41, 5.74) is 3.72. The van der Waals surface area contributed by atoms with Crippen molar-refractivity contribution in [2.24, 2.45) is 5.92 Å². The topological polar surface area (TPSA) is 35.5 Å². The average molecular weight is 562 g/mol. The van der Waals surface area contributed by atoms with Crippen molar-refractivity contribution in [3.05, 3.63) is 52.5 Å². The summed E-state index contributed by atoms with van der Waals surface area (Å²) >= 11 is 3.66. The molecule has 0 aliphatic heterocycles. The molecule has 0 bridgehead atoms. The molecule has 0 radical (unpaired) electrons. The van der Waals surface area contributed by atoms with Crippen LogP contribution in [0.1, 0.15) is 90.0 Å². The normalized spacial score (nSPS) is 18.6. The van der Waals surface area contributed by atoms with Crippen LogP contribution in [0, 0.1) is 5.92 Å². The van der Waals surface area contributed by atoms with Gasteiger partial charge < -0.3 is 9.47 Å². The number of carbonyl (C=O) groups is 1. The molecule has 1 saturated carbocycles. The number of hydrogen-bond donors (Lipinski definition) is 0. The average Bonchev–Trinajstić information content (AvgIpc) is 2.90. The summed E-state index contributed by atoms with van der Waals surface area (Å²) in [5.74, 6) is 0.881. The second kappa shape index (κ2) is 15.4. The number of benzene rings is 2. The van der Waals surface area contributed by atoms with E-state index in [4.69, 9.17) is 9.47 Å². The van der Waals surface area contributed by atoms with Crippen molar-refractivity contribution < 1.29 is 18.7 Å². The largest absolute Gasteiger partial charge is 0.492 e. The van der Waals surface area contributed by atoms with Crippen LogP contribution in [0.25, 0.3) is 11.1 Å². The number of aryl methyl sites for hydroxylation is 1. The van der Waals surface area contributed by atoms with Gasteiger partial charge in [-0.25, -0.2) is 9.18 Å². The summed E-state index contributed by atoms with van der Waals surface area (Å²) in [7, 11) is 0. The molecule has 2 aromatic rings. The van der Waals surface area contributed by atoms with Gasteiger partial charge in [0, 0.05) is 0 Å². The van der Waals surface area contributed by atoms with Gasteiger partial charge in [0.1, 0.15) is 11.9 Å². The number of carbonyl (C=O) groups excluding carboxylic acids is 1. The molecular formula is C31H42BrFO3. The van der Waals surface area contributed by atoms with E-state index in [1.807, 2.05) is 13.0 Å². The zero-order chi connectivity index (χ0) is 25.8. The van der Waals surface area contributed by atoms with E-state index in [1.54, 1.807) is 0 Å². The minimum absolute atomic E-state index is 0.111. The van der Waals surface area contributed by atoms with Crippen LogP contribution in [0.5, 0.6) is 5.75 Å². The van der Waals surface area contributed by atoms with Crippen LogP contribution in [0.15, 0.2) is 46.9 Å². The summed E-state index contributed by atoms with van der Waals surface area (Å²) in [6.07, 6.45) is 9.76. The predicted octanol–water partition coefficient (Wildman–Crippen LogP) is 9.25. The van der Waals surface area contributed by atoms with Crippen molar-refractivity contribution in [2.75, 3.05) is 6.61 Å². The summed E-state index contributed by atoms with van der Waals surface area (Å²) in [5, 5.41) is 0. The van der Waals surface area contributed by atoms with Crippen molar-refractivity contribution in [1.29, 1.82) is 0 Å². The van der Waals surface area contributed by atoms with Crippen LogP contribution in [0.3, 0.4) is 0 Å². The Morgan fingerprint density at radius 2 is 1.67 bits per heavy atom. The van der Waals surface area contributed by atoms with Crippen molar-refractivity contribution in [2.45, 2.75) is 103 Å². The third kappa shape index (κ3) is 9.21. The number of rotatable bonds is 14. The van der Waals surface area contributed by atoms with Crippen LogP contribution in [0.4, 0.5) is 4.39 Å². The van der Waals surface area contributed by atoms with Gasteiger partial charge >= 0.3 is 5.97 Å². The Labute approximate surface area is 225 Å². The Kier molecular flexibility index (Phi) is 12.3. The molecule has 3 nitrogen and oxygen atoms in total. The van der Waals surface area contributed by atoms with Gasteiger partial charge in [-0.15, -0.1) is 0 Å². The smallest absolute Gasteiger partial charge is 0.340 e. The zero-order valence-corrected chi connectivity index (χ0v) is 23.5. The molecule has 36 heavy (non-hydrogen) atoms. The van der Waals surface area contributed by atoms with Gasteiger partial charge in [-0.2, -0.15) is 0 Å². The summed E-state index contributed by atoms with van der Waals surface area (Å²) < 4.78 is 26.2. The first-order valence-electron chi connectivity index (χ1n) is 13.9. The molecule has 0 saturated heterocycles. The number of alkyl halides is 1. The highest BCUT2D eigenvalue weighted by molar-refractivity contribution is 9.10. The standard InChI is InChI=1S/C31H42BrFO3/c1-3-5-7-21-35-30-20-17-26(22-28(30)32)25-15-11-23(12-16-25)9-10-24-13-18-27(19-14-24)36-31(34)29(33)8-6-4-2/h11-12,15-17,20,22,24,27,29H,3-10,13-14,18-19,21H2,1-2H3/t24-,27-,29-/m0/s1. The highest BCUT2D eigenvalue weighted by atomic mass is 79.9. The fourth-order valence-corrected chi connectivity index (χ4v) is 5.34. The van der Waals surface area contributed by atoms with E-state index in [0.29, 0.717) is 5.92 Å². The Bertz CT molecular complexity index is 922. The molecule has 2 aromatic carbocycles. The number of halogens is 2. The minimum atomic E-state index is -1.46. The molecule has 0 unspecified atom stereocenters. The van der Waals surface area contributed by atoms with E-state index in [0.717, 1.165) is 74.6 Å². The lowest BCUT2D eigenvalue weighted by atomic mass is 9.83. The first-order chi connectivity index (χ1) is 17.5. The van der Waals surface area contributed by atoms with Crippen LogP contribution in [-0.4, -0.2) is 24.9 Å².